The standard InChI is InChI=1S/C31H36N4O6/c1-18(2)39-26-13-10-20(16-21(26)17-32)29-33-28(34-41-29)23-11-12-24-22(19(23)3)14-15-35(30(38)40-31(4,5)6)25(24)8-7-9-27(36)37/h10-13,16,18,25H,7-9,14-15H2,1-6H3,(H,36,37). The Kier molecular flexibility index (Phi) is 8.66. The van der Waals surface area contributed by atoms with E-state index in [2.05, 4.69) is 16.2 Å². The van der Waals surface area contributed by atoms with Crippen molar-refractivity contribution in [3.8, 4) is 34.7 Å². The van der Waals surface area contributed by atoms with Crippen LogP contribution in [-0.4, -0.2) is 50.5 Å². The molecular formula is C31H36N4O6. The fourth-order valence-corrected chi connectivity index (χ4v) is 5.07. The van der Waals surface area contributed by atoms with Crippen LogP contribution < -0.4 is 4.74 Å². The van der Waals surface area contributed by atoms with Crippen molar-refractivity contribution in [3.05, 3.63) is 52.6 Å². The summed E-state index contributed by atoms with van der Waals surface area (Å²) < 4.78 is 17.0. The van der Waals surface area contributed by atoms with Crippen LogP contribution in [0.1, 0.15) is 82.2 Å². The smallest absolute Gasteiger partial charge is 0.410 e. The molecule has 216 valence electrons. The van der Waals surface area contributed by atoms with Crippen LogP contribution in [0.15, 0.2) is 34.9 Å². The molecule has 1 N–H and O–H groups in total. The number of carbonyl (C=O) groups excluding carboxylic acids is 1. The van der Waals surface area contributed by atoms with E-state index in [-0.39, 0.29) is 24.5 Å². The number of nitriles is 1. The average molecular weight is 561 g/mol. The number of carbonyl (C=O) groups is 2. The van der Waals surface area contributed by atoms with Crippen LogP contribution in [0.3, 0.4) is 0 Å². The van der Waals surface area contributed by atoms with Gasteiger partial charge in [0.05, 0.1) is 17.7 Å². The third-order valence-corrected chi connectivity index (χ3v) is 6.85. The molecule has 10 heteroatoms. The molecule has 0 bridgehead atoms. The minimum atomic E-state index is -0.867. The molecule has 2 heterocycles. The zero-order chi connectivity index (χ0) is 29.9. The van der Waals surface area contributed by atoms with Crippen LogP contribution in [0, 0.1) is 18.3 Å². The molecule has 0 saturated carbocycles. The SMILES string of the molecule is Cc1c(-c2noc(-c3ccc(OC(C)C)c(C#N)c3)n2)ccc2c1CCN(C(=O)OC(C)(C)C)C2CCCC(=O)O. The molecule has 1 aliphatic rings. The molecule has 2 aromatic carbocycles. The van der Waals surface area contributed by atoms with Gasteiger partial charge < -0.3 is 24.0 Å². The minimum absolute atomic E-state index is 0.0226. The quantitative estimate of drug-likeness (QED) is 0.329. The summed E-state index contributed by atoms with van der Waals surface area (Å²) in [5.74, 6) is 0.328. The van der Waals surface area contributed by atoms with Gasteiger partial charge in [0.1, 0.15) is 17.4 Å². The lowest BCUT2D eigenvalue weighted by Crippen LogP contribution is -2.43. The van der Waals surface area contributed by atoms with Gasteiger partial charge in [-0.15, -0.1) is 0 Å². The first kappa shape index (κ1) is 29.6. The monoisotopic (exact) mass is 560 g/mol. The molecule has 1 unspecified atom stereocenters. The maximum atomic E-state index is 13.1. The van der Waals surface area contributed by atoms with Crippen LogP contribution in [0.2, 0.25) is 0 Å². The van der Waals surface area contributed by atoms with Gasteiger partial charge in [-0.25, -0.2) is 4.79 Å². The number of carboxylic acids is 1. The third-order valence-electron chi connectivity index (χ3n) is 6.85. The Morgan fingerprint density at radius 2 is 2.00 bits per heavy atom. The molecular weight excluding hydrogens is 524 g/mol. The van der Waals surface area contributed by atoms with Crippen molar-refractivity contribution >= 4 is 12.1 Å². The van der Waals surface area contributed by atoms with Gasteiger partial charge in [-0.2, -0.15) is 10.2 Å². The zero-order valence-corrected chi connectivity index (χ0v) is 24.4. The lowest BCUT2D eigenvalue weighted by molar-refractivity contribution is -0.137. The predicted molar refractivity (Wildman–Crippen MR) is 151 cm³/mol. The average Bonchev–Trinajstić information content (AvgIpc) is 3.37. The van der Waals surface area contributed by atoms with E-state index in [1.54, 1.807) is 23.1 Å². The Morgan fingerprint density at radius 3 is 2.66 bits per heavy atom. The minimum Gasteiger partial charge on any atom is -0.490 e. The van der Waals surface area contributed by atoms with Gasteiger partial charge in [0.15, 0.2) is 0 Å². The van der Waals surface area contributed by atoms with E-state index < -0.39 is 17.7 Å². The number of amides is 1. The van der Waals surface area contributed by atoms with Gasteiger partial charge in [0.25, 0.3) is 5.89 Å². The van der Waals surface area contributed by atoms with Crippen molar-refractivity contribution < 1.29 is 28.7 Å². The highest BCUT2D eigenvalue weighted by atomic mass is 16.6. The highest BCUT2D eigenvalue weighted by Crippen LogP contribution is 2.39. The molecule has 0 aliphatic carbocycles. The Hall–Kier alpha value is -4.39. The topological polar surface area (TPSA) is 139 Å². The molecule has 1 atom stereocenters. The summed E-state index contributed by atoms with van der Waals surface area (Å²) in [6.07, 6.45) is 1.09. The maximum Gasteiger partial charge on any atom is 0.410 e. The number of hydrogen-bond acceptors (Lipinski definition) is 8. The lowest BCUT2D eigenvalue weighted by atomic mass is 9.85. The van der Waals surface area contributed by atoms with Gasteiger partial charge >= 0.3 is 12.1 Å². The highest BCUT2D eigenvalue weighted by molar-refractivity contribution is 5.72. The zero-order valence-electron chi connectivity index (χ0n) is 24.4. The Bertz CT molecular complexity index is 1480. The van der Waals surface area contributed by atoms with E-state index in [1.807, 2.05) is 53.7 Å². The molecule has 0 spiro atoms. The first-order chi connectivity index (χ1) is 19.4. The van der Waals surface area contributed by atoms with Crippen LogP contribution >= 0.6 is 0 Å². The molecule has 0 saturated heterocycles. The van der Waals surface area contributed by atoms with E-state index in [1.165, 1.54) is 0 Å². The summed E-state index contributed by atoms with van der Waals surface area (Å²) in [6, 6.07) is 10.9. The van der Waals surface area contributed by atoms with Crippen LogP contribution in [-0.2, 0) is 16.0 Å². The van der Waals surface area contributed by atoms with E-state index in [0.717, 1.165) is 22.3 Å². The molecule has 41 heavy (non-hydrogen) atoms. The van der Waals surface area contributed by atoms with Gasteiger partial charge in [-0.05, 0) is 95.7 Å². The summed E-state index contributed by atoms with van der Waals surface area (Å²) in [4.78, 5) is 30.6. The van der Waals surface area contributed by atoms with E-state index in [9.17, 15) is 20.0 Å². The number of fused-ring (bicyclic) bond motifs is 1. The third kappa shape index (κ3) is 6.85. The van der Waals surface area contributed by atoms with Crippen LogP contribution in [0.5, 0.6) is 5.75 Å². The van der Waals surface area contributed by atoms with Gasteiger partial charge in [-0.1, -0.05) is 17.3 Å². The van der Waals surface area contributed by atoms with Gasteiger partial charge in [0, 0.05) is 24.1 Å². The normalized spacial score (nSPS) is 14.9. The Morgan fingerprint density at radius 1 is 1.24 bits per heavy atom. The number of carboxylic acid groups (broad SMARTS) is 1. The van der Waals surface area contributed by atoms with Crippen molar-refractivity contribution in [1.82, 2.24) is 15.0 Å². The number of aliphatic carboxylic acids is 1. The molecule has 0 radical (unpaired) electrons. The summed E-state index contributed by atoms with van der Waals surface area (Å²) in [6.45, 7) is 11.7. The molecule has 1 aliphatic heterocycles. The summed E-state index contributed by atoms with van der Waals surface area (Å²) in [5.41, 5.74) is 4.17. The lowest BCUT2D eigenvalue weighted by Gasteiger charge is -2.39. The molecule has 1 aromatic heterocycles. The molecule has 4 rings (SSSR count). The van der Waals surface area contributed by atoms with Crippen molar-refractivity contribution in [2.75, 3.05) is 6.54 Å². The second-order valence-electron chi connectivity index (χ2n) is 11.4. The first-order valence-electron chi connectivity index (χ1n) is 13.8. The second kappa shape index (κ2) is 12.0. The summed E-state index contributed by atoms with van der Waals surface area (Å²) >= 11 is 0. The highest BCUT2D eigenvalue weighted by Gasteiger charge is 2.35. The van der Waals surface area contributed by atoms with Gasteiger partial charge in [-0.3, -0.25) is 4.79 Å². The van der Waals surface area contributed by atoms with E-state index in [0.29, 0.717) is 48.5 Å². The molecule has 1 amide bonds. The largest absolute Gasteiger partial charge is 0.490 e. The fraction of sp³-hybridized carbons (Fsp3) is 0.452. The van der Waals surface area contributed by atoms with Crippen LogP contribution in [0.25, 0.3) is 22.8 Å². The van der Waals surface area contributed by atoms with Crippen molar-refractivity contribution in [1.29, 1.82) is 5.26 Å². The Balaban J connectivity index is 1.65. The van der Waals surface area contributed by atoms with Crippen LogP contribution in [0.4, 0.5) is 4.79 Å². The van der Waals surface area contributed by atoms with Crippen molar-refractivity contribution in [3.63, 3.8) is 0 Å². The maximum absolute atomic E-state index is 13.1. The predicted octanol–water partition coefficient (Wildman–Crippen LogP) is 6.46. The number of ether oxygens (including phenoxy) is 2. The van der Waals surface area contributed by atoms with E-state index in [4.69, 9.17) is 14.0 Å². The summed E-state index contributed by atoms with van der Waals surface area (Å²) in [5, 5.41) is 23.0. The number of rotatable bonds is 8. The molecule has 3 aromatic rings. The number of hydrogen-bond donors (Lipinski definition) is 1. The number of benzene rings is 2. The molecule has 0 fully saturated rings. The first-order valence-corrected chi connectivity index (χ1v) is 13.8. The Labute approximate surface area is 239 Å². The number of aromatic nitrogens is 2. The molecule has 10 nitrogen and oxygen atoms in total. The second-order valence-corrected chi connectivity index (χ2v) is 11.4. The van der Waals surface area contributed by atoms with Crippen molar-refractivity contribution in [2.45, 2.75) is 85.0 Å². The fourth-order valence-electron chi connectivity index (χ4n) is 5.07. The summed E-state index contributed by atoms with van der Waals surface area (Å²) in [7, 11) is 0. The number of nitrogens with zero attached hydrogens (tertiary/aromatic N) is 4. The van der Waals surface area contributed by atoms with E-state index >= 15 is 0 Å². The van der Waals surface area contributed by atoms with Gasteiger partial charge in [0.2, 0.25) is 5.82 Å². The van der Waals surface area contributed by atoms with Crippen molar-refractivity contribution in [2.24, 2.45) is 0 Å².